The van der Waals surface area contributed by atoms with Crippen LogP contribution in [-0.2, 0) is 17.9 Å². The molecule has 160 valence electrons. The molecule has 10 heteroatoms. The molecule has 30 heavy (non-hydrogen) atoms. The van der Waals surface area contributed by atoms with Gasteiger partial charge in [0.2, 0.25) is 5.91 Å². The van der Waals surface area contributed by atoms with E-state index in [9.17, 15) is 4.79 Å². The smallest absolute Gasteiger partial charge is 0.222 e. The highest BCUT2D eigenvalue weighted by atomic mass is 32.1. The molecule has 9 nitrogen and oxygen atoms in total. The summed E-state index contributed by atoms with van der Waals surface area (Å²) in [7, 11) is 0. The van der Waals surface area contributed by atoms with Crippen LogP contribution in [0.1, 0.15) is 32.4 Å². The van der Waals surface area contributed by atoms with E-state index in [1.165, 1.54) is 0 Å². The third-order valence-electron chi connectivity index (χ3n) is 5.68. The molecule has 0 aromatic carbocycles. The zero-order chi connectivity index (χ0) is 21.3. The lowest BCUT2D eigenvalue weighted by Crippen LogP contribution is -2.31. The molecule has 1 unspecified atom stereocenters. The van der Waals surface area contributed by atoms with E-state index >= 15 is 0 Å². The number of thiol groups is 1. The van der Waals surface area contributed by atoms with Gasteiger partial charge in [-0.2, -0.15) is 17.7 Å². The maximum atomic E-state index is 12.0. The molecule has 1 N–H and O–H groups in total. The number of imidazole rings is 1. The fourth-order valence-corrected chi connectivity index (χ4v) is 4.27. The van der Waals surface area contributed by atoms with Crippen LogP contribution in [0, 0.1) is 6.92 Å². The molecule has 0 saturated carbocycles. The molecule has 4 heterocycles. The Kier molecular flexibility index (Phi) is 5.94. The lowest BCUT2D eigenvalue weighted by Gasteiger charge is -2.16. The predicted molar refractivity (Wildman–Crippen MR) is 120 cm³/mol. The van der Waals surface area contributed by atoms with Gasteiger partial charge in [0.05, 0.1) is 11.8 Å². The van der Waals surface area contributed by atoms with Gasteiger partial charge in [-0.15, -0.1) is 0 Å². The van der Waals surface area contributed by atoms with E-state index in [0.29, 0.717) is 31.1 Å². The van der Waals surface area contributed by atoms with Crippen molar-refractivity contribution in [2.24, 2.45) is 0 Å². The van der Waals surface area contributed by atoms with Crippen LogP contribution >= 0.6 is 12.6 Å². The number of carbonyl (C=O) groups excluding carboxylic acids is 1. The molecule has 3 aromatic rings. The van der Waals surface area contributed by atoms with E-state index in [-0.39, 0.29) is 11.9 Å². The third kappa shape index (κ3) is 3.64. The second kappa shape index (κ2) is 8.63. The molecule has 1 aliphatic heterocycles. The number of anilines is 1. The van der Waals surface area contributed by atoms with Gasteiger partial charge in [-0.25, -0.2) is 15.0 Å². The minimum absolute atomic E-state index is 0.154. The Labute approximate surface area is 181 Å². The van der Waals surface area contributed by atoms with Crippen molar-refractivity contribution in [2.45, 2.75) is 52.7 Å². The van der Waals surface area contributed by atoms with Crippen LogP contribution < -0.4 is 5.32 Å². The van der Waals surface area contributed by atoms with Gasteiger partial charge in [-0.05, 0) is 20.3 Å². The number of aryl methyl sites for hydroxylation is 2. The van der Waals surface area contributed by atoms with Crippen molar-refractivity contribution < 1.29 is 4.79 Å². The summed E-state index contributed by atoms with van der Waals surface area (Å²) in [5, 5.41) is 7.97. The first-order valence-corrected chi connectivity index (χ1v) is 11.1. The monoisotopic (exact) mass is 428 g/mol. The minimum Gasteiger partial charge on any atom is -0.364 e. The Morgan fingerprint density at radius 3 is 2.87 bits per heavy atom. The molecule has 0 spiro atoms. The van der Waals surface area contributed by atoms with E-state index < -0.39 is 0 Å². The highest BCUT2D eigenvalue weighted by Crippen LogP contribution is 2.29. The SMILES string of the molecule is CCC(=O)N1CCC(Nc2ncnc3c2nc(-c2cnn(CC)c2C)n3CCS)C1. The Balaban J connectivity index is 1.71. The van der Waals surface area contributed by atoms with Crippen molar-refractivity contribution in [3.63, 3.8) is 0 Å². The van der Waals surface area contributed by atoms with Gasteiger partial charge in [0.15, 0.2) is 17.0 Å². The number of hydrogen-bond donors (Lipinski definition) is 2. The van der Waals surface area contributed by atoms with Crippen molar-refractivity contribution in [3.05, 3.63) is 18.2 Å². The van der Waals surface area contributed by atoms with E-state index in [0.717, 1.165) is 47.8 Å². The van der Waals surface area contributed by atoms with Gasteiger partial charge in [-0.1, -0.05) is 6.92 Å². The van der Waals surface area contributed by atoms with Crippen LogP contribution in [0.15, 0.2) is 12.5 Å². The number of amides is 1. The molecule has 0 radical (unpaired) electrons. The standard InChI is InChI=1S/C20H28N8OS/c1-4-16(29)26-7-6-14(11-26)24-18-17-20(22-12-21-18)27(8-9-30)19(25-17)15-10-23-28(5-2)13(15)3/h10,12,14,30H,4-9,11H2,1-3H3,(H,21,22,24). The largest absolute Gasteiger partial charge is 0.364 e. The lowest BCUT2D eigenvalue weighted by atomic mass is 10.2. The maximum absolute atomic E-state index is 12.0. The van der Waals surface area contributed by atoms with Crippen molar-refractivity contribution in [2.75, 3.05) is 24.2 Å². The number of nitrogens with zero attached hydrogens (tertiary/aromatic N) is 7. The quantitative estimate of drug-likeness (QED) is 0.561. The molecule has 1 fully saturated rings. The Morgan fingerprint density at radius 1 is 1.33 bits per heavy atom. The van der Waals surface area contributed by atoms with E-state index in [2.05, 4.69) is 51.4 Å². The number of carbonyl (C=O) groups is 1. The Hall–Kier alpha value is -2.62. The van der Waals surface area contributed by atoms with Crippen LogP contribution in [0.3, 0.4) is 0 Å². The number of rotatable bonds is 7. The van der Waals surface area contributed by atoms with Crippen molar-refractivity contribution in [3.8, 4) is 11.4 Å². The summed E-state index contributed by atoms with van der Waals surface area (Å²) in [6.45, 7) is 8.97. The van der Waals surface area contributed by atoms with Gasteiger partial charge in [-0.3, -0.25) is 9.48 Å². The maximum Gasteiger partial charge on any atom is 0.222 e. The zero-order valence-electron chi connectivity index (χ0n) is 17.7. The lowest BCUT2D eigenvalue weighted by molar-refractivity contribution is -0.129. The molecular weight excluding hydrogens is 400 g/mol. The molecule has 1 aliphatic rings. The highest BCUT2D eigenvalue weighted by molar-refractivity contribution is 7.80. The average Bonchev–Trinajstić information content (AvgIpc) is 3.46. The van der Waals surface area contributed by atoms with E-state index in [1.54, 1.807) is 6.33 Å². The molecule has 0 aliphatic carbocycles. The van der Waals surface area contributed by atoms with Crippen LogP contribution in [0.25, 0.3) is 22.6 Å². The first-order valence-electron chi connectivity index (χ1n) is 10.5. The number of nitrogens with one attached hydrogen (secondary N) is 1. The molecule has 1 amide bonds. The molecular formula is C20H28N8OS. The average molecular weight is 429 g/mol. The van der Waals surface area contributed by atoms with Crippen LogP contribution in [0.2, 0.25) is 0 Å². The normalized spacial score (nSPS) is 16.5. The van der Waals surface area contributed by atoms with E-state index in [1.807, 2.05) is 22.7 Å². The van der Waals surface area contributed by atoms with Gasteiger partial charge in [0.1, 0.15) is 12.2 Å². The number of hydrogen-bond acceptors (Lipinski definition) is 7. The molecule has 1 atom stereocenters. The Bertz CT molecular complexity index is 1060. The number of fused-ring (bicyclic) bond motifs is 1. The van der Waals surface area contributed by atoms with Crippen LogP contribution in [-0.4, -0.2) is 65.0 Å². The molecule has 3 aromatic heterocycles. The number of aromatic nitrogens is 6. The second-order valence-electron chi connectivity index (χ2n) is 7.49. The minimum atomic E-state index is 0.154. The zero-order valence-corrected chi connectivity index (χ0v) is 18.6. The summed E-state index contributed by atoms with van der Waals surface area (Å²) < 4.78 is 4.04. The van der Waals surface area contributed by atoms with Crippen LogP contribution in [0.5, 0.6) is 0 Å². The van der Waals surface area contributed by atoms with Gasteiger partial charge in [0.25, 0.3) is 0 Å². The predicted octanol–water partition coefficient (Wildman–Crippen LogP) is 2.37. The van der Waals surface area contributed by atoms with Crippen LogP contribution in [0.4, 0.5) is 5.82 Å². The molecule has 4 rings (SSSR count). The fourth-order valence-electron chi connectivity index (χ4n) is 4.07. The van der Waals surface area contributed by atoms with Gasteiger partial charge >= 0.3 is 0 Å². The molecule has 1 saturated heterocycles. The summed E-state index contributed by atoms with van der Waals surface area (Å²) >= 11 is 4.43. The van der Waals surface area contributed by atoms with Crippen molar-refractivity contribution in [1.82, 2.24) is 34.2 Å². The summed E-state index contributed by atoms with van der Waals surface area (Å²) in [5.41, 5.74) is 3.57. The number of likely N-dealkylation sites (tertiary alicyclic amines) is 1. The van der Waals surface area contributed by atoms with Gasteiger partial charge in [0, 0.05) is 50.1 Å². The summed E-state index contributed by atoms with van der Waals surface area (Å²) in [5.74, 6) is 2.39. The van der Waals surface area contributed by atoms with Gasteiger partial charge < -0.3 is 14.8 Å². The van der Waals surface area contributed by atoms with Crippen molar-refractivity contribution >= 4 is 35.5 Å². The summed E-state index contributed by atoms with van der Waals surface area (Å²) in [6, 6.07) is 0.154. The summed E-state index contributed by atoms with van der Waals surface area (Å²) in [6.07, 6.45) is 4.86. The second-order valence-corrected chi connectivity index (χ2v) is 7.94. The summed E-state index contributed by atoms with van der Waals surface area (Å²) in [4.78, 5) is 27.8. The Morgan fingerprint density at radius 2 is 2.17 bits per heavy atom. The third-order valence-corrected chi connectivity index (χ3v) is 5.88. The highest BCUT2D eigenvalue weighted by Gasteiger charge is 2.27. The van der Waals surface area contributed by atoms with E-state index in [4.69, 9.17) is 4.98 Å². The van der Waals surface area contributed by atoms with Crippen molar-refractivity contribution in [1.29, 1.82) is 0 Å². The fraction of sp³-hybridized carbons (Fsp3) is 0.550. The first kappa shape index (κ1) is 20.6. The first-order chi connectivity index (χ1) is 14.6. The molecule has 0 bridgehead atoms. The topological polar surface area (TPSA) is 93.8 Å².